The molecule has 1 N–H and O–H groups in total. The molecule has 0 saturated carbocycles. The predicted molar refractivity (Wildman–Crippen MR) is 71.5 cm³/mol. The molecular formula is C13H15N3S. The zero-order chi connectivity index (χ0) is 12.4. The molecule has 3 nitrogen and oxygen atoms in total. The van der Waals surface area contributed by atoms with Crippen molar-refractivity contribution in [3.05, 3.63) is 40.6 Å². The highest BCUT2D eigenvalue weighted by atomic mass is 32.1. The van der Waals surface area contributed by atoms with Crippen LogP contribution in [0.15, 0.2) is 24.8 Å². The summed E-state index contributed by atoms with van der Waals surface area (Å²) >= 11 is 5.31. The second kappa shape index (κ2) is 4.75. The van der Waals surface area contributed by atoms with Crippen molar-refractivity contribution in [2.45, 2.75) is 26.7 Å². The molecule has 0 radical (unpaired) electrons. The molecule has 0 aliphatic heterocycles. The van der Waals surface area contributed by atoms with E-state index in [1.165, 1.54) is 0 Å². The maximum atomic E-state index is 5.31. The molecule has 17 heavy (non-hydrogen) atoms. The SMILES string of the molecule is Cc1cnccc1-c1[nH]cnc(=S)c1C(C)C. The van der Waals surface area contributed by atoms with E-state index in [1.807, 2.05) is 19.2 Å². The summed E-state index contributed by atoms with van der Waals surface area (Å²) in [7, 11) is 0. The molecule has 88 valence electrons. The van der Waals surface area contributed by atoms with Crippen LogP contribution in [0.4, 0.5) is 0 Å². The lowest BCUT2D eigenvalue weighted by atomic mass is 9.97. The molecule has 0 aliphatic rings. The van der Waals surface area contributed by atoms with Gasteiger partial charge in [0.15, 0.2) is 0 Å². The van der Waals surface area contributed by atoms with E-state index in [-0.39, 0.29) is 0 Å². The number of H-pyrrole nitrogens is 1. The first-order valence-corrected chi connectivity index (χ1v) is 6.00. The number of aromatic amines is 1. The molecule has 0 fully saturated rings. The summed E-state index contributed by atoms with van der Waals surface area (Å²) in [4.78, 5) is 11.5. The first kappa shape index (κ1) is 11.9. The van der Waals surface area contributed by atoms with Gasteiger partial charge in [-0.2, -0.15) is 0 Å². The average Bonchev–Trinajstić information content (AvgIpc) is 2.28. The average molecular weight is 245 g/mol. The van der Waals surface area contributed by atoms with Crippen LogP contribution >= 0.6 is 12.2 Å². The highest BCUT2D eigenvalue weighted by Crippen LogP contribution is 2.28. The molecule has 4 heteroatoms. The smallest absolute Gasteiger partial charge is 0.133 e. The van der Waals surface area contributed by atoms with Gasteiger partial charge in [-0.15, -0.1) is 0 Å². The lowest BCUT2D eigenvalue weighted by molar-refractivity contribution is 0.843. The van der Waals surface area contributed by atoms with Crippen molar-refractivity contribution in [1.29, 1.82) is 0 Å². The number of hydrogen-bond donors (Lipinski definition) is 1. The zero-order valence-corrected chi connectivity index (χ0v) is 11.0. The fraction of sp³-hybridized carbons (Fsp3) is 0.308. The molecule has 0 atom stereocenters. The monoisotopic (exact) mass is 245 g/mol. The topological polar surface area (TPSA) is 41.6 Å². The van der Waals surface area contributed by atoms with E-state index in [4.69, 9.17) is 12.2 Å². The van der Waals surface area contributed by atoms with E-state index in [2.05, 4.69) is 28.8 Å². The first-order valence-electron chi connectivity index (χ1n) is 5.60. The summed E-state index contributed by atoms with van der Waals surface area (Å²) in [6, 6.07) is 2.00. The number of aryl methyl sites for hydroxylation is 1. The third kappa shape index (κ3) is 2.26. The molecule has 0 saturated heterocycles. The molecule has 0 spiro atoms. The molecule has 0 bridgehead atoms. The van der Waals surface area contributed by atoms with Crippen LogP contribution in [0.5, 0.6) is 0 Å². The Morgan fingerprint density at radius 2 is 2.12 bits per heavy atom. The van der Waals surface area contributed by atoms with Crippen molar-refractivity contribution in [2.24, 2.45) is 0 Å². The van der Waals surface area contributed by atoms with Crippen molar-refractivity contribution in [2.75, 3.05) is 0 Å². The number of hydrogen-bond acceptors (Lipinski definition) is 3. The number of pyridine rings is 1. The first-order chi connectivity index (χ1) is 8.11. The van der Waals surface area contributed by atoms with Gasteiger partial charge in [0.2, 0.25) is 0 Å². The minimum absolute atomic E-state index is 0.343. The van der Waals surface area contributed by atoms with Crippen LogP contribution in [0.25, 0.3) is 11.3 Å². The summed E-state index contributed by atoms with van der Waals surface area (Å²) in [6.07, 6.45) is 5.31. The Morgan fingerprint density at radius 1 is 1.35 bits per heavy atom. The number of nitrogens with zero attached hydrogens (tertiary/aromatic N) is 2. The third-order valence-corrected chi connectivity index (χ3v) is 3.08. The normalized spacial score (nSPS) is 10.8. The summed E-state index contributed by atoms with van der Waals surface area (Å²) in [5, 5.41) is 0. The van der Waals surface area contributed by atoms with Gasteiger partial charge in [-0.1, -0.05) is 26.1 Å². The third-order valence-electron chi connectivity index (χ3n) is 2.76. The van der Waals surface area contributed by atoms with Crippen molar-refractivity contribution in [3.63, 3.8) is 0 Å². The van der Waals surface area contributed by atoms with Gasteiger partial charge >= 0.3 is 0 Å². The molecule has 0 aliphatic carbocycles. The zero-order valence-electron chi connectivity index (χ0n) is 10.2. The van der Waals surface area contributed by atoms with Crippen LogP contribution < -0.4 is 0 Å². The van der Waals surface area contributed by atoms with E-state index < -0.39 is 0 Å². The maximum Gasteiger partial charge on any atom is 0.133 e. The van der Waals surface area contributed by atoms with Crippen molar-refractivity contribution < 1.29 is 0 Å². The lowest BCUT2D eigenvalue weighted by Gasteiger charge is -2.13. The predicted octanol–water partition coefficient (Wildman–Crippen LogP) is 3.63. The summed E-state index contributed by atoms with van der Waals surface area (Å²) in [5.41, 5.74) is 4.42. The van der Waals surface area contributed by atoms with Crippen LogP contribution in [0, 0.1) is 11.6 Å². The Balaban J connectivity index is 2.73. The van der Waals surface area contributed by atoms with Gasteiger partial charge in [0.1, 0.15) is 4.64 Å². The van der Waals surface area contributed by atoms with Crippen molar-refractivity contribution in [3.8, 4) is 11.3 Å². The van der Waals surface area contributed by atoms with E-state index in [0.29, 0.717) is 10.6 Å². The van der Waals surface area contributed by atoms with Gasteiger partial charge in [-0.05, 0) is 24.5 Å². The quantitative estimate of drug-likeness (QED) is 0.821. The molecule has 2 heterocycles. The highest BCUT2D eigenvalue weighted by molar-refractivity contribution is 7.71. The van der Waals surface area contributed by atoms with Crippen LogP contribution in [0.1, 0.15) is 30.9 Å². The standard InChI is InChI=1S/C13H15N3S/c1-8(2)11-12(15-7-16-13(11)17)10-4-5-14-6-9(10)3/h4-8H,1-3H3,(H,15,16,17). The Morgan fingerprint density at radius 3 is 2.76 bits per heavy atom. The number of rotatable bonds is 2. The number of nitrogens with one attached hydrogen (secondary N) is 1. The fourth-order valence-corrected chi connectivity index (χ4v) is 2.31. The van der Waals surface area contributed by atoms with Crippen molar-refractivity contribution in [1.82, 2.24) is 15.0 Å². The van der Waals surface area contributed by atoms with E-state index in [0.717, 1.165) is 22.4 Å². The van der Waals surface area contributed by atoms with Gasteiger partial charge < -0.3 is 4.98 Å². The minimum atomic E-state index is 0.343. The molecule has 2 aromatic heterocycles. The molecule has 2 aromatic rings. The molecule has 2 rings (SSSR count). The maximum absolute atomic E-state index is 5.31. The van der Waals surface area contributed by atoms with E-state index in [1.54, 1.807) is 12.5 Å². The van der Waals surface area contributed by atoms with Gasteiger partial charge in [-0.25, -0.2) is 4.98 Å². The summed E-state index contributed by atoms with van der Waals surface area (Å²) < 4.78 is 0.671. The Bertz CT molecular complexity index is 587. The van der Waals surface area contributed by atoms with Gasteiger partial charge in [0.25, 0.3) is 0 Å². The van der Waals surface area contributed by atoms with Gasteiger partial charge in [0, 0.05) is 23.5 Å². The van der Waals surface area contributed by atoms with E-state index in [9.17, 15) is 0 Å². The Hall–Kier alpha value is -1.55. The Labute approximate surface area is 106 Å². The van der Waals surface area contributed by atoms with E-state index >= 15 is 0 Å². The summed E-state index contributed by atoms with van der Waals surface area (Å²) in [5.74, 6) is 0.343. The van der Waals surface area contributed by atoms with Crippen LogP contribution in [-0.2, 0) is 0 Å². The largest absolute Gasteiger partial charge is 0.346 e. The fourth-order valence-electron chi connectivity index (χ4n) is 1.92. The van der Waals surface area contributed by atoms with Crippen LogP contribution in [0.3, 0.4) is 0 Å². The minimum Gasteiger partial charge on any atom is -0.346 e. The second-order valence-corrected chi connectivity index (χ2v) is 4.73. The van der Waals surface area contributed by atoms with Crippen LogP contribution in [-0.4, -0.2) is 15.0 Å². The Kier molecular flexibility index (Phi) is 3.33. The molecule has 0 unspecified atom stereocenters. The lowest BCUT2D eigenvalue weighted by Crippen LogP contribution is -2.00. The number of aromatic nitrogens is 3. The van der Waals surface area contributed by atoms with Crippen molar-refractivity contribution >= 4 is 12.2 Å². The van der Waals surface area contributed by atoms with Gasteiger partial charge in [-0.3, -0.25) is 4.98 Å². The van der Waals surface area contributed by atoms with Crippen LogP contribution in [0.2, 0.25) is 0 Å². The molecular weight excluding hydrogens is 230 g/mol. The molecule has 0 aromatic carbocycles. The highest BCUT2D eigenvalue weighted by Gasteiger charge is 2.12. The second-order valence-electron chi connectivity index (χ2n) is 4.34. The molecule has 0 amide bonds. The van der Waals surface area contributed by atoms with Gasteiger partial charge in [0.05, 0.1) is 12.0 Å². The summed E-state index contributed by atoms with van der Waals surface area (Å²) in [6.45, 7) is 6.30.